The Balaban J connectivity index is 1.88. The number of hydrogen-bond donors (Lipinski definition) is 2. The molecule has 1 saturated carbocycles. The van der Waals surface area contributed by atoms with E-state index in [4.69, 9.17) is 4.74 Å². The van der Waals surface area contributed by atoms with Crippen LogP contribution in [0.2, 0.25) is 0 Å². The van der Waals surface area contributed by atoms with Crippen LogP contribution >= 0.6 is 0 Å². The summed E-state index contributed by atoms with van der Waals surface area (Å²) in [7, 11) is 1.54. The second-order valence-corrected chi connectivity index (χ2v) is 6.78. The number of phenolic OH excluding ortho intramolecular Hbond substituents is 1. The molecule has 23 heavy (non-hydrogen) atoms. The molecule has 0 saturated heterocycles. The molecule has 0 radical (unpaired) electrons. The van der Waals surface area contributed by atoms with Crippen molar-refractivity contribution in [2.45, 2.75) is 25.4 Å². The minimum absolute atomic E-state index is 0.0970. The van der Waals surface area contributed by atoms with Gasteiger partial charge in [0, 0.05) is 5.92 Å². The van der Waals surface area contributed by atoms with Gasteiger partial charge in [-0.05, 0) is 49.3 Å². The maximum atomic E-state index is 10.8. The largest absolute Gasteiger partial charge is 0.504 e. The lowest BCUT2D eigenvalue weighted by Crippen LogP contribution is -2.37. The van der Waals surface area contributed by atoms with Gasteiger partial charge in [0.1, 0.15) is 0 Å². The Morgan fingerprint density at radius 1 is 1.43 bits per heavy atom. The molecule has 4 unspecified atom stereocenters. The average molecular weight is 312 g/mol. The van der Waals surface area contributed by atoms with Crippen LogP contribution in [0.1, 0.15) is 18.9 Å². The molecule has 1 fully saturated rings. The van der Waals surface area contributed by atoms with E-state index < -0.39 is 5.60 Å². The first-order valence-electron chi connectivity index (χ1n) is 8.06. The summed E-state index contributed by atoms with van der Waals surface area (Å²) in [5.41, 5.74) is 1.50. The van der Waals surface area contributed by atoms with E-state index >= 15 is 0 Å². The molecule has 2 aliphatic carbocycles. The number of phenols is 1. The van der Waals surface area contributed by atoms with Crippen molar-refractivity contribution < 1.29 is 14.9 Å². The van der Waals surface area contributed by atoms with Crippen LogP contribution in [0.3, 0.4) is 0 Å². The van der Waals surface area contributed by atoms with Gasteiger partial charge in [0.05, 0.1) is 12.7 Å². The van der Waals surface area contributed by atoms with Crippen molar-refractivity contribution in [3.63, 3.8) is 0 Å². The van der Waals surface area contributed by atoms with Crippen LogP contribution in [0.25, 0.3) is 0 Å². The quantitative estimate of drug-likeness (QED) is 0.835. The Morgan fingerprint density at radius 2 is 2.22 bits per heavy atom. The molecule has 1 aromatic carbocycles. The summed E-state index contributed by atoms with van der Waals surface area (Å²) in [5, 5.41) is 20.8. The van der Waals surface area contributed by atoms with E-state index in [-0.39, 0.29) is 11.7 Å². The smallest absolute Gasteiger partial charge is 0.160 e. The van der Waals surface area contributed by atoms with Crippen molar-refractivity contribution in [1.82, 2.24) is 0 Å². The molecule has 0 heterocycles. The van der Waals surface area contributed by atoms with E-state index in [1.807, 2.05) is 31.2 Å². The zero-order valence-corrected chi connectivity index (χ0v) is 13.7. The first kappa shape index (κ1) is 15.9. The van der Waals surface area contributed by atoms with Crippen molar-refractivity contribution in [3.8, 4) is 11.5 Å². The molecule has 2 N–H and O–H groups in total. The third kappa shape index (κ3) is 2.81. The lowest BCUT2D eigenvalue weighted by Gasteiger charge is -2.35. The zero-order valence-electron chi connectivity index (χ0n) is 13.7. The lowest BCUT2D eigenvalue weighted by atomic mass is 9.74. The molecule has 0 aromatic heterocycles. The highest BCUT2D eigenvalue weighted by atomic mass is 16.5. The van der Waals surface area contributed by atoms with Gasteiger partial charge in [-0.1, -0.05) is 35.9 Å². The Kier molecular flexibility index (Phi) is 4.07. The monoisotopic (exact) mass is 312 g/mol. The van der Waals surface area contributed by atoms with Gasteiger partial charge < -0.3 is 14.9 Å². The van der Waals surface area contributed by atoms with E-state index in [0.717, 1.165) is 18.4 Å². The van der Waals surface area contributed by atoms with Crippen LogP contribution in [-0.4, -0.2) is 22.9 Å². The van der Waals surface area contributed by atoms with Gasteiger partial charge in [0.2, 0.25) is 0 Å². The number of hydrogen-bond acceptors (Lipinski definition) is 3. The zero-order chi connectivity index (χ0) is 16.6. The summed E-state index contributed by atoms with van der Waals surface area (Å²) in [6, 6.07) is 5.54. The topological polar surface area (TPSA) is 49.7 Å². The molecule has 0 bridgehead atoms. The summed E-state index contributed by atoms with van der Waals surface area (Å²) in [6.45, 7) is 5.84. The van der Waals surface area contributed by atoms with Crippen LogP contribution in [-0.2, 0) is 6.42 Å². The molecule has 4 atom stereocenters. The van der Waals surface area contributed by atoms with Crippen molar-refractivity contribution in [2.75, 3.05) is 7.11 Å². The molecule has 3 nitrogen and oxygen atoms in total. The normalized spacial score (nSPS) is 32.3. The fourth-order valence-electron chi connectivity index (χ4n) is 4.20. The van der Waals surface area contributed by atoms with Gasteiger partial charge in [-0.25, -0.2) is 0 Å². The average Bonchev–Trinajstić information content (AvgIpc) is 2.86. The highest BCUT2D eigenvalue weighted by Gasteiger charge is 2.46. The van der Waals surface area contributed by atoms with Crippen LogP contribution in [0.15, 0.2) is 54.7 Å². The Bertz CT molecular complexity index is 669. The Labute approximate surface area is 137 Å². The second-order valence-electron chi connectivity index (χ2n) is 6.78. The van der Waals surface area contributed by atoms with Crippen LogP contribution < -0.4 is 4.74 Å². The fourth-order valence-corrected chi connectivity index (χ4v) is 4.20. The van der Waals surface area contributed by atoms with Gasteiger partial charge >= 0.3 is 0 Å². The molecular formula is C20H24O3. The standard InChI is InChI=1S/C20H24O3/c1-4-14-12-15(19-16(14)6-5-9-20(19,2)22)10-13-7-8-18(23-3)17(21)11-13/h4-9,11,14-15,19,21-22H,1,10,12H2,2-3H3. The first-order chi connectivity index (χ1) is 11.0. The van der Waals surface area contributed by atoms with Crippen LogP contribution in [0, 0.1) is 17.8 Å². The molecule has 0 amide bonds. The number of fused-ring (bicyclic) bond motifs is 1. The molecule has 3 rings (SSSR count). The number of ether oxygens (including phenoxy) is 1. The second kappa shape index (κ2) is 5.89. The van der Waals surface area contributed by atoms with E-state index in [0.29, 0.717) is 17.6 Å². The van der Waals surface area contributed by atoms with E-state index in [9.17, 15) is 10.2 Å². The molecule has 0 spiro atoms. The number of methoxy groups -OCH3 is 1. The summed E-state index contributed by atoms with van der Waals surface area (Å²) >= 11 is 0. The predicted octanol–water partition coefficient (Wildman–Crippen LogP) is 3.63. The van der Waals surface area contributed by atoms with E-state index in [2.05, 4.69) is 12.7 Å². The summed E-state index contributed by atoms with van der Waals surface area (Å²) in [4.78, 5) is 0. The summed E-state index contributed by atoms with van der Waals surface area (Å²) in [5.74, 6) is 1.37. The highest BCUT2D eigenvalue weighted by Crippen LogP contribution is 2.50. The Morgan fingerprint density at radius 3 is 2.87 bits per heavy atom. The van der Waals surface area contributed by atoms with Crippen molar-refractivity contribution >= 4 is 0 Å². The molecule has 0 aliphatic heterocycles. The van der Waals surface area contributed by atoms with Crippen molar-refractivity contribution in [3.05, 3.63) is 60.2 Å². The summed E-state index contributed by atoms with van der Waals surface area (Å²) in [6.07, 6.45) is 9.73. The first-order valence-corrected chi connectivity index (χ1v) is 8.06. The maximum absolute atomic E-state index is 10.8. The minimum Gasteiger partial charge on any atom is -0.504 e. The van der Waals surface area contributed by atoms with Gasteiger partial charge in [0.15, 0.2) is 11.5 Å². The molecule has 122 valence electrons. The fraction of sp³-hybridized carbons (Fsp3) is 0.400. The molecule has 3 heteroatoms. The SMILES string of the molecule is C=CC1CC(Cc2ccc(OC)c(O)c2)C2C1=CC=CC2(C)O. The van der Waals surface area contributed by atoms with Gasteiger partial charge in [0.25, 0.3) is 0 Å². The van der Waals surface area contributed by atoms with Crippen molar-refractivity contribution in [2.24, 2.45) is 17.8 Å². The number of aliphatic hydroxyl groups is 1. The number of aromatic hydroxyl groups is 1. The molecular weight excluding hydrogens is 288 g/mol. The van der Waals surface area contributed by atoms with Crippen molar-refractivity contribution in [1.29, 1.82) is 0 Å². The van der Waals surface area contributed by atoms with Gasteiger partial charge in [-0.3, -0.25) is 0 Å². The van der Waals surface area contributed by atoms with E-state index in [1.54, 1.807) is 19.2 Å². The predicted molar refractivity (Wildman–Crippen MR) is 91.5 cm³/mol. The third-order valence-electron chi connectivity index (χ3n) is 5.19. The van der Waals surface area contributed by atoms with Crippen LogP contribution in [0.4, 0.5) is 0 Å². The minimum atomic E-state index is -0.832. The van der Waals surface area contributed by atoms with E-state index in [1.165, 1.54) is 5.57 Å². The van der Waals surface area contributed by atoms with Crippen LogP contribution in [0.5, 0.6) is 11.5 Å². The molecule has 1 aromatic rings. The lowest BCUT2D eigenvalue weighted by molar-refractivity contribution is 0.0420. The maximum Gasteiger partial charge on any atom is 0.160 e. The summed E-state index contributed by atoms with van der Waals surface area (Å²) < 4.78 is 5.10. The number of rotatable bonds is 4. The van der Waals surface area contributed by atoms with Gasteiger partial charge in [-0.15, -0.1) is 6.58 Å². The highest BCUT2D eigenvalue weighted by molar-refractivity contribution is 5.42. The number of allylic oxidation sites excluding steroid dienone is 3. The molecule has 2 aliphatic rings. The Hall–Kier alpha value is -2.00. The third-order valence-corrected chi connectivity index (χ3v) is 5.19. The van der Waals surface area contributed by atoms with Gasteiger partial charge in [-0.2, -0.15) is 0 Å². The number of benzene rings is 1.